The normalized spacial score (nSPS) is 10.5. The number of aromatic amines is 1. The first kappa shape index (κ1) is 17.0. The molecule has 23 heavy (non-hydrogen) atoms. The van der Waals surface area contributed by atoms with Gasteiger partial charge in [-0.15, -0.1) is 0 Å². The van der Waals surface area contributed by atoms with Gasteiger partial charge in [0.2, 0.25) is 0 Å². The average Bonchev–Trinajstić information content (AvgIpc) is 2.55. The van der Waals surface area contributed by atoms with Gasteiger partial charge in [-0.25, -0.2) is 4.98 Å². The molecule has 0 aliphatic heterocycles. The van der Waals surface area contributed by atoms with Crippen molar-refractivity contribution in [3.05, 3.63) is 46.2 Å². The predicted octanol–water partition coefficient (Wildman–Crippen LogP) is 1.73. The molecule has 1 amide bonds. The predicted molar refractivity (Wildman–Crippen MR) is 90.9 cm³/mol. The van der Waals surface area contributed by atoms with Crippen LogP contribution in [0.4, 0.5) is 11.5 Å². The molecule has 0 bridgehead atoms. The van der Waals surface area contributed by atoms with E-state index in [2.05, 4.69) is 15.3 Å². The molecule has 0 saturated carbocycles. The number of nitrogen functional groups attached to an aromatic ring is 1. The van der Waals surface area contributed by atoms with Gasteiger partial charge in [0.1, 0.15) is 5.69 Å². The zero-order valence-corrected chi connectivity index (χ0v) is 13.5. The van der Waals surface area contributed by atoms with Gasteiger partial charge in [0, 0.05) is 17.9 Å². The van der Waals surface area contributed by atoms with Crippen molar-refractivity contribution in [2.45, 2.75) is 12.1 Å². The van der Waals surface area contributed by atoms with E-state index in [1.165, 1.54) is 11.8 Å². The molecule has 0 fully saturated rings. The van der Waals surface area contributed by atoms with Gasteiger partial charge in [0.05, 0.1) is 6.61 Å². The largest absolute Gasteiger partial charge is 0.382 e. The number of nitrogens with two attached hydrogens (primary N) is 1. The summed E-state index contributed by atoms with van der Waals surface area (Å²) in [5.74, 6) is 0.213. The number of hydrogen-bond donors (Lipinski definition) is 3. The van der Waals surface area contributed by atoms with Gasteiger partial charge in [-0.1, -0.05) is 30.0 Å². The molecule has 1 aromatic carbocycles. The van der Waals surface area contributed by atoms with Crippen LogP contribution in [0.25, 0.3) is 0 Å². The molecule has 0 spiro atoms. The van der Waals surface area contributed by atoms with E-state index >= 15 is 0 Å². The van der Waals surface area contributed by atoms with E-state index in [4.69, 9.17) is 10.5 Å². The number of amides is 1. The Morgan fingerprint density at radius 1 is 1.39 bits per heavy atom. The van der Waals surface area contributed by atoms with Gasteiger partial charge in [0.25, 0.3) is 11.5 Å². The summed E-state index contributed by atoms with van der Waals surface area (Å²) in [6.07, 6.45) is 0. The maximum absolute atomic E-state index is 12.1. The van der Waals surface area contributed by atoms with Crippen LogP contribution in [0.5, 0.6) is 0 Å². The minimum Gasteiger partial charge on any atom is -0.382 e. The van der Waals surface area contributed by atoms with Crippen molar-refractivity contribution in [2.24, 2.45) is 0 Å². The number of H-pyrrole nitrogens is 1. The Kier molecular flexibility index (Phi) is 6.19. The Balaban J connectivity index is 2.08. The lowest BCUT2D eigenvalue weighted by Gasteiger charge is -2.08. The number of hydrogen-bond acceptors (Lipinski definition) is 6. The number of anilines is 2. The Morgan fingerprint density at radius 2 is 2.13 bits per heavy atom. The monoisotopic (exact) mass is 334 g/mol. The average molecular weight is 334 g/mol. The first-order chi connectivity index (χ1) is 11.1. The summed E-state index contributed by atoms with van der Waals surface area (Å²) >= 11 is 1.33. The van der Waals surface area contributed by atoms with Gasteiger partial charge in [0.15, 0.2) is 11.0 Å². The lowest BCUT2D eigenvalue weighted by atomic mass is 10.2. The summed E-state index contributed by atoms with van der Waals surface area (Å²) in [5, 5.41) is 2.89. The Bertz CT molecular complexity index is 718. The van der Waals surface area contributed by atoms with Crippen molar-refractivity contribution in [3.63, 3.8) is 0 Å². The summed E-state index contributed by atoms with van der Waals surface area (Å²) in [4.78, 5) is 30.8. The van der Waals surface area contributed by atoms with Crippen LogP contribution >= 0.6 is 11.8 Å². The Hall–Kier alpha value is -2.32. The van der Waals surface area contributed by atoms with Gasteiger partial charge in [-0.2, -0.15) is 0 Å². The molecule has 0 aliphatic rings. The first-order valence-corrected chi connectivity index (χ1v) is 8.07. The highest BCUT2D eigenvalue weighted by molar-refractivity contribution is 7.99. The molecular weight excluding hydrogens is 316 g/mol. The third kappa shape index (κ3) is 4.83. The summed E-state index contributed by atoms with van der Waals surface area (Å²) in [6.45, 7) is 3.10. The van der Waals surface area contributed by atoms with Crippen LogP contribution in [0.1, 0.15) is 17.3 Å². The van der Waals surface area contributed by atoms with Crippen LogP contribution in [-0.2, 0) is 4.74 Å². The third-order valence-corrected chi connectivity index (χ3v) is 3.71. The molecule has 0 aliphatic carbocycles. The van der Waals surface area contributed by atoms with E-state index in [-0.39, 0.29) is 11.5 Å². The minimum absolute atomic E-state index is 0.0167. The fourth-order valence-corrected chi connectivity index (χ4v) is 2.50. The zero-order valence-electron chi connectivity index (χ0n) is 12.7. The number of carbonyl (C=O) groups excluding carboxylic acids is 1. The molecule has 2 rings (SSSR count). The van der Waals surface area contributed by atoms with Crippen molar-refractivity contribution >= 4 is 29.2 Å². The number of ether oxygens (including phenoxy) is 1. The molecule has 0 radical (unpaired) electrons. The quantitative estimate of drug-likeness (QED) is 0.404. The van der Waals surface area contributed by atoms with Crippen LogP contribution < -0.4 is 16.6 Å². The molecule has 1 aromatic heterocycles. The van der Waals surface area contributed by atoms with Crippen LogP contribution in [0.2, 0.25) is 0 Å². The van der Waals surface area contributed by atoms with E-state index in [0.717, 1.165) is 0 Å². The number of nitrogens with one attached hydrogen (secondary N) is 2. The van der Waals surface area contributed by atoms with Crippen LogP contribution in [-0.4, -0.2) is 34.8 Å². The minimum atomic E-state index is -0.485. The lowest BCUT2D eigenvalue weighted by molar-refractivity contribution is 0.102. The molecule has 4 N–H and O–H groups in total. The Morgan fingerprint density at radius 3 is 2.78 bits per heavy atom. The Labute approximate surface area is 137 Å². The second kappa shape index (κ2) is 8.35. The molecule has 0 atom stereocenters. The standard InChI is InChI=1S/C15H18N4O3S/c1-2-22-8-9-23-15-18-12(16)11(14(21)19-15)17-13(20)10-6-4-3-5-7-10/h3-7H,2,8-9H2,1H3,(H,17,20)(H3,16,18,19,21). The van der Waals surface area contributed by atoms with E-state index in [1.54, 1.807) is 30.3 Å². The molecular formula is C15H18N4O3S. The maximum Gasteiger partial charge on any atom is 0.277 e. The first-order valence-electron chi connectivity index (χ1n) is 7.08. The summed E-state index contributed by atoms with van der Waals surface area (Å²) in [5.41, 5.74) is 5.69. The van der Waals surface area contributed by atoms with Gasteiger partial charge in [-0.3, -0.25) is 14.6 Å². The molecule has 8 heteroatoms. The fourth-order valence-electron chi connectivity index (χ4n) is 1.78. The summed E-state index contributed by atoms with van der Waals surface area (Å²) < 4.78 is 5.21. The van der Waals surface area contributed by atoms with Crippen molar-refractivity contribution in [2.75, 3.05) is 30.0 Å². The second-order valence-electron chi connectivity index (χ2n) is 4.50. The number of benzene rings is 1. The van der Waals surface area contributed by atoms with E-state index in [9.17, 15) is 9.59 Å². The number of aromatic nitrogens is 2. The topological polar surface area (TPSA) is 110 Å². The van der Waals surface area contributed by atoms with Gasteiger partial charge < -0.3 is 15.8 Å². The summed E-state index contributed by atoms with van der Waals surface area (Å²) in [6, 6.07) is 8.56. The highest BCUT2D eigenvalue weighted by Crippen LogP contribution is 2.17. The molecule has 1 heterocycles. The van der Waals surface area contributed by atoms with Gasteiger partial charge in [-0.05, 0) is 19.1 Å². The molecule has 2 aromatic rings. The van der Waals surface area contributed by atoms with Crippen molar-refractivity contribution in [1.82, 2.24) is 9.97 Å². The van der Waals surface area contributed by atoms with Crippen molar-refractivity contribution in [3.8, 4) is 0 Å². The molecule has 0 unspecified atom stereocenters. The summed E-state index contributed by atoms with van der Waals surface area (Å²) in [7, 11) is 0. The fraction of sp³-hybridized carbons (Fsp3) is 0.267. The maximum atomic E-state index is 12.1. The number of carbonyl (C=O) groups is 1. The lowest BCUT2D eigenvalue weighted by Crippen LogP contribution is -2.23. The van der Waals surface area contributed by atoms with E-state index in [1.807, 2.05) is 6.92 Å². The smallest absolute Gasteiger partial charge is 0.277 e. The van der Waals surface area contributed by atoms with Crippen molar-refractivity contribution in [1.29, 1.82) is 0 Å². The van der Waals surface area contributed by atoms with Crippen LogP contribution in [0, 0.1) is 0 Å². The number of rotatable bonds is 7. The molecule has 122 valence electrons. The number of thioether (sulfide) groups is 1. The molecule has 7 nitrogen and oxygen atoms in total. The third-order valence-electron chi connectivity index (χ3n) is 2.87. The number of nitrogens with zero attached hydrogens (tertiary/aromatic N) is 1. The highest BCUT2D eigenvalue weighted by atomic mass is 32.2. The van der Waals surface area contributed by atoms with Crippen LogP contribution in [0.15, 0.2) is 40.3 Å². The van der Waals surface area contributed by atoms with E-state index < -0.39 is 11.5 Å². The van der Waals surface area contributed by atoms with Crippen molar-refractivity contribution < 1.29 is 9.53 Å². The zero-order chi connectivity index (χ0) is 16.7. The van der Waals surface area contributed by atoms with E-state index in [0.29, 0.717) is 29.7 Å². The van der Waals surface area contributed by atoms with Gasteiger partial charge >= 0.3 is 0 Å². The molecule has 0 saturated heterocycles. The SMILES string of the molecule is CCOCCSc1nc(N)c(NC(=O)c2ccccc2)c(=O)[nH]1. The van der Waals surface area contributed by atoms with Crippen LogP contribution in [0.3, 0.4) is 0 Å². The highest BCUT2D eigenvalue weighted by Gasteiger charge is 2.13. The second-order valence-corrected chi connectivity index (χ2v) is 5.58.